The highest BCUT2D eigenvalue weighted by atomic mass is 14.2. The van der Waals surface area contributed by atoms with E-state index in [1.54, 1.807) is 11.1 Å². The largest absolute Gasteiger partial charge is 0.0696 e. The van der Waals surface area contributed by atoms with E-state index in [1.165, 1.54) is 44.9 Å². The molecule has 0 aromatic rings. The van der Waals surface area contributed by atoms with E-state index in [0.29, 0.717) is 0 Å². The van der Waals surface area contributed by atoms with Gasteiger partial charge in [0.05, 0.1) is 0 Å². The van der Waals surface area contributed by atoms with Crippen LogP contribution >= 0.6 is 0 Å². The van der Waals surface area contributed by atoms with Gasteiger partial charge in [0.15, 0.2) is 0 Å². The molecule has 86 valence electrons. The van der Waals surface area contributed by atoms with Gasteiger partial charge in [0.25, 0.3) is 0 Å². The molecule has 0 aromatic carbocycles. The Labute approximate surface area is 95.5 Å². The average molecular weight is 206 g/mol. The second kappa shape index (κ2) is 6.87. The van der Waals surface area contributed by atoms with Crippen LogP contribution in [0.25, 0.3) is 0 Å². The molecule has 0 radical (unpaired) electrons. The zero-order valence-corrected chi connectivity index (χ0v) is 10.7. The number of hydrogen-bond acceptors (Lipinski definition) is 0. The molecule has 1 unspecified atom stereocenters. The molecule has 0 heterocycles. The highest BCUT2D eigenvalue weighted by Crippen LogP contribution is 2.33. The van der Waals surface area contributed by atoms with Gasteiger partial charge in [-0.1, -0.05) is 63.3 Å². The number of rotatable bonds is 6. The molecule has 0 fully saturated rings. The Morgan fingerprint density at radius 2 is 1.73 bits per heavy atom. The topological polar surface area (TPSA) is 0 Å². The normalized spacial score (nSPS) is 21.1. The summed E-state index contributed by atoms with van der Waals surface area (Å²) < 4.78 is 0. The standard InChI is InChI=1S/C15H26/c1-4-7-13-10-11-14(8-5-2)15(12-13)9-6-3/h10-11,15H,4-9,12H2,1-3H3. The van der Waals surface area contributed by atoms with Gasteiger partial charge in [0.2, 0.25) is 0 Å². The first-order valence-corrected chi connectivity index (χ1v) is 6.70. The van der Waals surface area contributed by atoms with Crippen molar-refractivity contribution in [3.05, 3.63) is 23.3 Å². The van der Waals surface area contributed by atoms with E-state index in [4.69, 9.17) is 0 Å². The summed E-state index contributed by atoms with van der Waals surface area (Å²) >= 11 is 0. The summed E-state index contributed by atoms with van der Waals surface area (Å²) in [6.07, 6.45) is 14.0. The molecule has 0 bridgehead atoms. The first kappa shape index (κ1) is 12.5. The molecule has 0 aromatic heterocycles. The minimum atomic E-state index is 0.862. The molecule has 0 amide bonds. The Balaban J connectivity index is 2.63. The third-order valence-corrected chi connectivity index (χ3v) is 3.31. The number of allylic oxidation sites excluding steroid dienone is 4. The van der Waals surface area contributed by atoms with Gasteiger partial charge in [0.1, 0.15) is 0 Å². The fourth-order valence-corrected chi connectivity index (χ4v) is 2.60. The monoisotopic (exact) mass is 206 g/mol. The summed E-state index contributed by atoms with van der Waals surface area (Å²) in [7, 11) is 0. The third kappa shape index (κ3) is 3.85. The Morgan fingerprint density at radius 1 is 1.00 bits per heavy atom. The average Bonchev–Trinajstić information content (AvgIpc) is 2.23. The molecule has 0 saturated heterocycles. The first-order chi connectivity index (χ1) is 7.31. The van der Waals surface area contributed by atoms with Crippen LogP contribution < -0.4 is 0 Å². The molecule has 0 N–H and O–H groups in total. The van der Waals surface area contributed by atoms with Crippen molar-refractivity contribution in [3.8, 4) is 0 Å². The van der Waals surface area contributed by atoms with E-state index in [1.807, 2.05) is 0 Å². The molecule has 1 aliphatic carbocycles. The Morgan fingerprint density at radius 3 is 2.33 bits per heavy atom. The zero-order valence-electron chi connectivity index (χ0n) is 10.7. The lowest BCUT2D eigenvalue weighted by Gasteiger charge is -2.24. The highest BCUT2D eigenvalue weighted by molar-refractivity contribution is 5.26. The quantitative estimate of drug-likeness (QED) is 0.556. The van der Waals surface area contributed by atoms with Crippen LogP contribution in [0.5, 0.6) is 0 Å². The van der Waals surface area contributed by atoms with Crippen LogP contribution in [-0.2, 0) is 0 Å². The predicted octanol–water partition coefficient (Wildman–Crippen LogP) is 5.26. The summed E-state index contributed by atoms with van der Waals surface area (Å²) in [5, 5.41) is 0. The van der Waals surface area contributed by atoms with Crippen molar-refractivity contribution < 1.29 is 0 Å². The van der Waals surface area contributed by atoms with E-state index >= 15 is 0 Å². The predicted molar refractivity (Wildman–Crippen MR) is 69.0 cm³/mol. The lowest BCUT2D eigenvalue weighted by molar-refractivity contribution is 0.510. The molecule has 0 saturated carbocycles. The van der Waals surface area contributed by atoms with Crippen LogP contribution in [0.2, 0.25) is 0 Å². The van der Waals surface area contributed by atoms with Gasteiger partial charge in [-0.2, -0.15) is 0 Å². The van der Waals surface area contributed by atoms with Crippen molar-refractivity contribution in [3.63, 3.8) is 0 Å². The summed E-state index contributed by atoms with van der Waals surface area (Å²) in [5.74, 6) is 0.862. The smallest absolute Gasteiger partial charge is 0.0163 e. The van der Waals surface area contributed by atoms with Gasteiger partial charge in [-0.05, 0) is 31.6 Å². The molecular weight excluding hydrogens is 180 g/mol. The van der Waals surface area contributed by atoms with Crippen molar-refractivity contribution in [1.82, 2.24) is 0 Å². The van der Waals surface area contributed by atoms with Crippen LogP contribution in [0.3, 0.4) is 0 Å². The summed E-state index contributed by atoms with van der Waals surface area (Å²) in [6.45, 7) is 6.87. The maximum Gasteiger partial charge on any atom is -0.0163 e. The summed E-state index contributed by atoms with van der Waals surface area (Å²) in [5.41, 5.74) is 3.38. The molecule has 1 atom stereocenters. The fourth-order valence-electron chi connectivity index (χ4n) is 2.60. The lowest BCUT2D eigenvalue weighted by Crippen LogP contribution is -2.09. The van der Waals surface area contributed by atoms with E-state index < -0.39 is 0 Å². The van der Waals surface area contributed by atoms with Crippen LogP contribution in [0.4, 0.5) is 0 Å². The van der Waals surface area contributed by atoms with Gasteiger partial charge in [-0.25, -0.2) is 0 Å². The third-order valence-electron chi connectivity index (χ3n) is 3.31. The minimum absolute atomic E-state index is 0.862. The maximum atomic E-state index is 2.42. The Kier molecular flexibility index (Phi) is 5.75. The summed E-state index contributed by atoms with van der Waals surface area (Å²) in [6, 6.07) is 0. The minimum Gasteiger partial charge on any atom is -0.0696 e. The molecule has 0 nitrogen and oxygen atoms in total. The van der Waals surface area contributed by atoms with Crippen molar-refractivity contribution in [2.45, 2.75) is 65.7 Å². The molecular formula is C15H26. The Bertz CT molecular complexity index is 232. The zero-order chi connectivity index (χ0) is 11.1. The van der Waals surface area contributed by atoms with Gasteiger partial charge in [0, 0.05) is 0 Å². The first-order valence-electron chi connectivity index (χ1n) is 6.70. The summed E-state index contributed by atoms with van der Waals surface area (Å²) in [4.78, 5) is 0. The molecule has 1 rings (SSSR count). The van der Waals surface area contributed by atoms with Crippen molar-refractivity contribution in [2.75, 3.05) is 0 Å². The second-order valence-corrected chi connectivity index (χ2v) is 4.76. The van der Waals surface area contributed by atoms with Gasteiger partial charge in [-0.15, -0.1) is 0 Å². The maximum absolute atomic E-state index is 2.42. The van der Waals surface area contributed by atoms with Gasteiger partial charge in [-0.3, -0.25) is 0 Å². The molecule has 0 heteroatoms. The van der Waals surface area contributed by atoms with Crippen molar-refractivity contribution >= 4 is 0 Å². The molecule has 1 aliphatic rings. The van der Waals surface area contributed by atoms with Crippen molar-refractivity contribution in [2.24, 2.45) is 5.92 Å². The van der Waals surface area contributed by atoms with Gasteiger partial charge < -0.3 is 0 Å². The molecule has 0 aliphatic heterocycles. The van der Waals surface area contributed by atoms with Crippen LogP contribution in [0.1, 0.15) is 65.7 Å². The van der Waals surface area contributed by atoms with E-state index in [9.17, 15) is 0 Å². The van der Waals surface area contributed by atoms with E-state index in [-0.39, 0.29) is 0 Å². The number of hydrogen-bond donors (Lipinski definition) is 0. The lowest BCUT2D eigenvalue weighted by atomic mass is 9.81. The van der Waals surface area contributed by atoms with Crippen LogP contribution in [-0.4, -0.2) is 0 Å². The van der Waals surface area contributed by atoms with Gasteiger partial charge >= 0.3 is 0 Å². The second-order valence-electron chi connectivity index (χ2n) is 4.76. The van der Waals surface area contributed by atoms with E-state index in [0.717, 1.165) is 5.92 Å². The van der Waals surface area contributed by atoms with Crippen molar-refractivity contribution in [1.29, 1.82) is 0 Å². The molecule has 0 spiro atoms. The Hall–Kier alpha value is -0.520. The SMILES string of the molecule is CCCC1=CC=C(CCC)C(CCC)C1. The van der Waals surface area contributed by atoms with Crippen LogP contribution in [0.15, 0.2) is 23.3 Å². The van der Waals surface area contributed by atoms with Crippen LogP contribution in [0, 0.1) is 5.92 Å². The van der Waals surface area contributed by atoms with E-state index in [2.05, 4.69) is 32.9 Å². The molecule has 15 heavy (non-hydrogen) atoms. The highest BCUT2D eigenvalue weighted by Gasteiger charge is 2.17. The fraction of sp³-hybridized carbons (Fsp3) is 0.733.